The van der Waals surface area contributed by atoms with E-state index in [9.17, 15) is 13.2 Å². The fraction of sp³-hybridized carbons (Fsp3) is 0.0909. The van der Waals surface area contributed by atoms with Crippen molar-refractivity contribution in [1.29, 1.82) is 5.26 Å². The summed E-state index contributed by atoms with van der Waals surface area (Å²) in [6.45, 7) is 0. The van der Waals surface area contributed by atoms with Crippen LogP contribution in [0.15, 0.2) is 37.1 Å². The fourth-order valence-corrected chi connectivity index (χ4v) is 1.02. The molecule has 0 aliphatic rings. The lowest BCUT2D eigenvalue weighted by atomic mass is 10.3. The zero-order valence-electron chi connectivity index (χ0n) is 9.74. The van der Waals surface area contributed by atoms with Crippen molar-refractivity contribution in [2.24, 2.45) is 0 Å². The SMILES string of the molecule is N#Cc1ccnc(-n2ccnc2)c1.O=C(O)C(F)(F)F. The number of aromatic nitrogens is 3. The van der Waals surface area contributed by atoms with Crippen molar-refractivity contribution < 1.29 is 23.1 Å². The largest absolute Gasteiger partial charge is 0.490 e. The summed E-state index contributed by atoms with van der Waals surface area (Å²) in [5.41, 5.74) is 0.596. The van der Waals surface area contributed by atoms with Crippen molar-refractivity contribution in [2.45, 2.75) is 6.18 Å². The zero-order chi connectivity index (χ0) is 15.2. The number of hydrogen-bond acceptors (Lipinski definition) is 4. The van der Waals surface area contributed by atoms with Crippen LogP contribution in [0.25, 0.3) is 5.82 Å². The summed E-state index contributed by atoms with van der Waals surface area (Å²) in [6, 6.07) is 5.43. The molecule has 0 aromatic carbocycles. The van der Waals surface area contributed by atoms with Gasteiger partial charge < -0.3 is 5.11 Å². The molecule has 0 bridgehead atoms. The monoisotopic (exact) mass is 284 g/mol. The van der Waals surface area contributed by atoms with Gasteiger partial charge in [-0.2, -0.15) is 18.4 Å². The summed E-state index contributed by atoms with van der Waals surface area (Å²) in [4.78, 5) is 16.9. The van der Waals surface area contributed by atoms with Gasteiger partial charge in [0.2, 0.25) is 0 Å². The first-order valence-electron chi connectivity index (χ1n) is 4.99. The van der Waals surface area contributed by atoms with Crippen LogP contribution < -0.4 is 0 Å². The van der Waals surface area contributed by atoms with E-state index in [1.165, 1.54) is 0 Å². The zero-order valence-corrected chi connectivity index (χ0v) is 9.74. The van der Waals surface area contributed by atoms with E-state index in [1.807, 2.05) is 0 Å². The standard InChI is InChI=1S/C9H6N4.C2HF3O2/c10-6-8-1-2-12-9(5-8)13-4-3-11-7-13;3-2(4,5)1(6)7/h1-5,7H;(H,6,7). The highest BCUT2D eigenvalue weighted by molar-refractivity contribution is 5.73. The van der Waals surface area contributed by atoms with Gasteiger partial charge in [-0.15, -0.1) is 0 Å². The van der Waals surface area contributed by atoms with E-state index in [1.54, 1.807) is 41.6 Å². The Balaban J connectivity index is 0.000000246. The topological polar surface area (TPSA) is 91.8 Å². The maximum absolute atomic E-state index is 10.6. The van der Waals surface area contributed by atoms with Crippen LogP contribution in [0.4, 0.5) is 13.2 Å². The Morgan fingerprint density at radius 2 is 2.05 bits per heavy atom. The summed E-state index contributed by atoms with van der Waals surface area (Å²) in [5, 5.41) is 15.8. The van der Waals surface area contributed by atoms with Crippen LogP contribution >= 0.6 is 0 Å². The molecule has 20 heavy (non-hydrogen) atoms. The number of nitriles is 1. The van der Waals surface area contributed by atoms with Crippen molar-refractivity contribution >= 4 is 5.97 Å². The molecule has 0 amide bonds. The molecule has 0 atom stereocenters. The van der Waals surface area contributed by atoms with E-state index in [2.05, 4.69) is 16.0 Å². The molecule has 0 radical (unpaired) electrons. The first-order chi connectivity index (χ1) is 9.34. The third-order valence-corrected chi connectivity index (χ3v) is 1.89. The maximum atomic E-state index is 10.6. The molecule has 9 heteroatoms. The van der Waals surface area contributed by atoms with Crippen LogP contribution in [0.1, 0.15) is 5.56 Å². The number of imidazole rings is 1. The number of alkyl halides is 3. The minimum absolute atomic E-state index is 0.596. The van der Waals surface area contributed by atoms with E-state index in [0.717, 1.165) is 0 Å². The third kappa shape index (κ3) is 4.41. The Kier molecular flexibility index (Phi) is 4.80. The highest BCUT2D eigenvalue weighted by atomic mass is 19.4. The van der Waals surface area contributed by atoms with Crippen LogP contribution in [0.3, 0.4) is 0 Å². The average molecular weight is 284 g/mol. The molecule has 0 unspecified atom stereocenters. The third-order valence-electron chi connectivity index (χ3n) is 1.89. The number of carboxylic acid groups (broad SMARTS) is 1. The molecular weight excluding hydrogens is 277 g/mol. The van der Waals surface area contributed by atoms with Crippen molar-refractivity contribution in [1.82, 2.24) is 14.5 Å². The number of aliphatic carboxylic acids is 1. The molecular formula is C11H7F3N4O2. The summed E-state index contributed by atoms with van der Waals surface area (Å²) in [5.74, 6) is -2.05. The number of pyridine rings is 1. The van der Waals surface area contributed by atoms with Crippen LogP contribution in [0, 0.1) is 11.3 Å². The van der Waals surface area contributed by atoms with Crippen LogP contribution in [-0.4, -0.2) is 31.8 Å². The van der Waals surface area contributed by atoms with Crippen molar-refractivity contribution in [3.05, 3.63) is 42.6 Å². The first-order valence-corrected chi connectivity index (χ1v) is 4.99. The minimum atomic E-state index is -5.08. The summed E-state index contributed by atoms with van der Waals surface area (Å²) in [6.07, 6.45) is 1.61. The van der Waals surface area contributed by atoms with Gasteiger partial charge in [-0.25, -0.2) is 14.8 Å². The predicted molar refractivity (Wildman–Crippen MR) is 59.8 cm³/mol. The number of carbonyl (C=O) groups is 1. The van der Waals surface area contributed by atoms with Crippen molar-refractivity contribution in [3.63, 3.8) is 0 Å². The Bertz CT molecular complexity index is 617. The number of nitrogens with zero attached hydrogens (tertiary/aromatic N) is 4. The second-order valence-electron chi connectivity index (χ2n) is 3.29. The summed E-state index contributed by atoms with van der Waals surface area (Å²) < 4.78 is 33.5. The van der Waals surface area contributed by atoms with Crippen LogP contribution in [0.2, 0.25) is 0 Å². The fourth-order valence-electron chi connectivity index (χ4n) is 1.02. The highest BCUT2D eigenvalue weighted by Gasteiger charge is 2.38. The molecule has 0 saturated heterocycles. The van der Waals surface area contributed by atoms with E-state index in [0.29, 0.717) is 11.4 Å². The van der Waals surface area contributed by atoms with Gasteiger partial charge in [-0.1, -0.05) is 0 Å². The molecule has 0 spiro atoms. The molecule has 2 aromatic rings. The Labute approximate surface area is 110 Å². The number of carboxylic acids is 1. The Morgan fingerprint density at radius 3 is 2.50 bits per heavy atom. The van der Waals surface area contributed by atoms with Gasteiger partial charge in [0.25, 0.3) is 0 Å². The van der Waals surface area contributed by atoms with Crippen molar-refractivity contribution in [2.75, 3.05) is 0 Å². The van der Waals surface area contributed by atoms with Crippen molar-refractivity contribution in [3.8, 4) is 11.9 Å². The first kappa shape index (κ1) is 15.2. The second-order valence-corrected chi connectivity index (χ2v) is 3.29. The molecule has 0 aliphatic carbocycles. The molecule has 2 rings (SSSR count). The number of hydrogen-bond donors (Lipinski definition) is 1. The average Bonchev–Trinajstić information content (AvgIpc) is 2.92. The number of halogens is 3. The molecule has 1 N–H and O–H groups in total. The molecule has 0 saturated carbocycles. The second kappa shape index (κ2) is 6.33. The van der Waals surface area contributed by atoms with Gasteiger partial charge in [-0.3, -0.25) is 4.57 Å². The van der Waals surface area contributed by atoms with Gasteiger partial charge in [0.1, 0.15) is 12.1 Å². The number of rotatable bonds is 1. The Hall–Kier alpha value is -2.89. The summed E-state index contributed by atoms with van der Waals surface area (Å²) in [7, 11) is 0. The van der Waals surface area contributed by atoms with E-state index in [4.69, 9.17) is 15.2 Å². The van der Waals surface area contributed by atoms with Gasteiger partial charge in [-0.05, 0) is 12.1 Å². The van der Waals surface area contributed by atoms with Crippen LogP contribution in [0.5, 0.6) is 0 Å². The van der Waals surface area contributed by atoms with E-state index < -0.39 is 12.1 Å². The van der Waals surface area contributed by atoms with Crippen LogP contribution in [-0.2, 0) is 4.79 Å². The summed E-state index contributed by atoms with van der Waals surface area (Å²) >= 11 is 0. The van der Waals surface area contributed by atoms with E-state index in [-0.39, 0.29) is 0 Å². The minimum Gasteiger partial charge on any atom is -0.475 e. The smallest absolute Gasteiger partial charge is 0.475 e. The quantitative estimate of drug-likeness (QED) is 0.861. The maximum Gasteiger partial charge on any atom is 0.490 e. The molecule has 6 nitrogen and oxygen atoms in total. The Morgan fingerprint density at radius 1 is 1.40 bits per heavy atom. The highest BCUT2D eigenvalue weighted by Crippen LogP contribution is 2.13. The lowest BCUT2D eigenvalue weighted by molar-refractivity contribution is -0.192. The van der Waals surface area contributed by atoms with Gasteiger partial charge in [0.15, 0.2) is 0 Å². The normalized spacial score (nSPS) is 10.1. The lowest BCUT2D eigenvalue weighted by Crippen LogP contribution is -2.21. The molecule has 104 valence electrons. The molecule has 2 aromatic heterocycles. The molecule has 0 fully saturated rings. The van der Waals surface area contributed by atoms with Gasteiger partial charge in [0.05, 0.1) is 11.6 Å². The van der Waals surface area contributed by atoms with Gasteiger partial charge >= 0.3 is 12.1 Å². The predicted octanol–water partition coefficient (Wildman–Crippen LogP) is 1.77. The lowest BCUT2D eigenvalue weighted by Gasteiger charge is -1.99. The molecule has 0 aliphatic heterocycles. The van der Waals surface area contributed by atoms with Gasteiger partial charge in [0, 0.05) is 18.6 Å². The molecule has 2 heterocycles. The van der Waals surface area contributed by atoms with E-state index >= 15 is 0 Å².